The van der Waals surface area contributed by atoms with Gasteiger partial charge in [-0.2, -0.15) is 0 Å². The maximum atomic E-state index is 12.9. The van der Waals surface area contributed by atoms with Gasteiger partial charge in [0.2, 0.25) is 0 Å². The number of nitrogens with zero attached hydrogens (tertiary/aromatic N) is 1. The molecule has 0 aliphatic carbocycles. The van der Waals surface area contributed by atoms with Crippen LogP contribution in [0.25, 0.3) is 0 Å². The first-order valence-corrected chi connectivity index (χ1v) is 10.4. The van der Waals surface area contributed by atoms with Crippen LogP contribution in [0, 0.1) is 5.92 Å². The Morgan fingerprint density at radius 2 is 1.55 bits per heavy atom. The molecule has 1 aliphatic rings. The Morgan fingerprint density at radius 1 is 0.970 bits per heavy atom. The highest BCUT2D eigenvalue weighted by Gasteiger charge is 2.45. The van der Waals surface area contributed by atoms with Crippen LogP contribution in [0.5, 0.6) is 5.75 Å². The smallest absolute Gasteiger partial charge is 0.330 e. The number of rotatable bonds is 8. The van der Waals surface area contributed by atoms with Crippen LogP contribution in [0.1, 0.15) is 51.3 Å². The molecule has 0 unspecified atom stereocenters. The zero-order valence-electron chi connectivity index (χ0n) is 18.5. The van der Waals surface area contributed by atoms with Gasteiger partial charge in [0, 0.05) is 5.56 Å². The van der Waals surface area contributed by atoms with Gasteiger partial charge in [-0.15, -0.1) is 0 Å². The van der Waals surface area contributed by atoms with Crippen LogP contribution in [0.2, 0.25) is 0 Å². The van der Waals surface area contributed by atoms with Crippen LogP contribution >= 0.6 is 0 Å². The molecule has 0 fully saturated rings. The van der Waals surface area contributed by atoms with E-state index < -0.39 is 48.2 Å². The molecule has 1 N–H and O–H groups in total. The van der Waals surface area contributed by atoms with Gasteiger partial charge in [0.15, 0.2) is 6.61 Å². The summed E-state index contributed by atoms with van der Waals surface area (Å²) in [6, 6.07) is 11.2. The van der Waals surface area contributed by atoms with Crippen LogP contribution in [0.3, 0.4) is 0 Å². The third-order valence-corrected chi connectivity index (χ3v) is 5.48. The number of ether oxygens (including phenoxy) is 2. The van der Waals surface area contributed by atoms with Crippen molar-refractivity contribution >= 4 is 29.6 Å². The molecule has 3 rings (SSSR count). The molecule has 172 valence electrons. The lowest BCUT2D eigenvalue weighted by molar-refractivity contribution is -0.153. The van der Waals surface area contributed by atoms with E-state index in [1.54, 1.807) is 31.2 Å². The predicted molar refractivity (Wildman–Crippen MR) is 117 cm³/mol. The third kappa shape index (κ3) is 4.92. The standard InChI is InChI=1S/C24H24N2O7/c1-4-14(2)20(26-22(29)17-7-5-6-8-18(17)23(26)30)24(31)33-13-19(27)25-21(28)15-9-11-16(32-3)12-10-15/h5-12,14,20H,4,13H2,1-3H3,(H,25,27,28)/t14-,20-/m0/s1. The minimum absolute atomic E-state index is 0.214. The van der Waals surface area contributed by atoms with Crippen molar-refractivity contribution in [2.24, 2.45) is 5.92 Å². The van der Waals surface area contributed by atoms with Crippen LogP contribution in [-0.2, 0) is 14.3 Å². The lowest BCUT2D eigenvalue weighted by Crippen LogP contribution is -2.49. The molecule has 0 radical (unpaired) electrons. The normalized spacial score (nSPS) is 14.3. The number of benzene rings is 2. The van der Waals surface area contributed by atoms with Crippen molar-refractivity contribution in [1.29, 1.82) is 0 Å². The summed E-state index contributed by atoms with van der Waals surface area (Å²) < 4.78 is 10.1. The summed E-state index contributed by atoms with van der Waals surface area (Å²) in [6.07, 6.45) is 0.481. The molecule has 2 aromatic rings. The van der Waals surface area contributed by atoms with E-state index in [0.717, 1.165) is 4.90 Å². The summed E-state index contributed by atoms with van der Waals surface area (Å²) in [5, 5.41) is 2.13. The summed E-state index contributed by atoms with van der Waals surface area (Å²) in [7, 11) is 1.49. The molecule has 1 heterocycles. The zero-order chi connectivity index (χ0) is 24.1. The number of esters is 1. The van der Waals surface area contributed by atoms with Crippen LogP contribution in [0.4, 0.5) is 0 Å². The van der Waals surface area contributed by atoms with Crippen molar-refractivity contribution in [3.05, 3.63) is 65.2 Å². The molecule has 9 nitrogen and oxygen atoms in total. The van der Waals surface area contributed by atoms with E-state index in [-0.39, 0.29) is 16.7 Å². The first kappa shape index (κ1) is 23.6. The zero-order valence-corrected chi connectivity index (χ0v) is 18.5. The van der Waals surface area contributed by atoms with Crippen LogP contribution in [0.15, 0.2) is 48.5 Å². The van der Waals surface area contributed by atoms with Crippen molar-refractivity contribution in [3.8, 4) is 5.75 Å². The largest absolute Gasteiger partial charge is 0.497 e. The van der Waals surface area contributed by atoms with Crippen molar-refractivity contribution in [2.75, 3.05) is 13.7 Å². The first-order chi connectivity index (χ1) is 15.8. The van der Waals surface area contributed by atoms with E-state index in [0.29, 0.717) is 12.2 Å². The summed E-state index contributed by atoms with van der Waals surface area (Å²) in [4.78, 5) is 63.8. The Hall–Kier alpha value is -4.01. The molecule has 2 aromatic carbocycles. The highest BCUT2D eigenvalue weighted by Crippen LogP contribution is 2.28. The highest BCUT2D eigenvalue weighted by molar-refractivity contribution is 6.22. The van der Waals surface area contributed by atoms with E-state index in [1.807, 2.05) is 6.92 Å². The first-order valence-electron chi connectivity index (χ1n) is 10.4. The number of hydrogen-bond acceptors (Lipinski definition) is 7. The summed E-state index contributed by atoms with van der Waals surface area (Å²) in [5.74, 6) is -3.44. The third-order valence-electron chi connectivity index (χ3n) is 5.48. The molecule has 4 amide bonds. The van der Waals surface area contributed by atoms with E-state index in [4.69, 9.17) is 9.47 Å². The van der Waals surface area contributed by atoms with Gasteiger partial charge in [-0.05, 0) is 42.3 Å². The Balaban J connectivity index is 1.66. The molecule has 0 saturated heterocycles. The maximum Gasteiger partial charge on any atom is 0.330 e. The summed E-state index contributed by atoms with van der Waals surface area (Å²) >= 11 is 0. The van der Waals surface area contributed by atoms with Crippen molar-refractivity contribution in [1.82, 2.24) is 10.2 Å². The van der Waals surface area contributed by atoms with Gasteiger partial charge < -0.3 is 9.47 Å². The number of fused-ring (bicyclic) bond motifs is 1. The van der Waals surface area contributed by atoms with Crippen molar-refractivity contribution in [3.63, 3.8) is 0 Å². The number of carbonyl (C=O) groups excluding carboxylic acids is 5. The molecule has 0 aromatic heterocycles. The second kappa shape index (κ2) is 10.1. The number of imide groups is 2. The SMILES string of the molecule is CC[C@H](C)[C@@H](C(=O)OCC(=O)NC(=O)c1ccc(OC)cc1)N1C(=O)c2ccccc2C1=O. The molecule has 0 spiro atoms. The van der Waals surface area contributed by atoms with Crippen LogP contribution < -0.4 is 10.1 Å². The fourth-order valence-electron chi connectivity index (χ4n) is 3.48. The van der Waals surface area contributed by atoms with Gasteiger partial charge in [-0.1, -0.05) is 32.4 Å². The summed E-state index contributed by atoms with van der Waals surface area (Å²) in [5.41, 5.74) is 0.650. The molecule has 1 aliphatic heterocycles. The van der Waals surface area contributed by atoms with Gasteiger partial charge in [0.05, 0.1) is 18.2 Å². The fourth-order valence-corrected chi connectivity index (χ4v) is 3.48. The molecule has 0 saturated carbocycles. The Kier molecular flexibility index (Phi) is 7.22. The lowest BCUT2D eigenvalue weighted by Gasteiger charge is -2.28. The molecule has 33 heavy (non-hydrogen) atoms. The number of hydrogen-bond donors (Lipinski definition) is 1. The van der Waals surface area contributed by atoms with Crippen molar-refractivity contribution in [2.45, 2.75) is 26.3 Å². The van der Waals surface area contributed by atoms with Gasteiger partial charge in [0.1, 0.15) is 11.8 Å². The minimum Gasteiger partial charge on any atom is -0.497 e. The van der Waals surface area contributed by atoms with Gasteiger partial charge in [0.25, 0.3) is 23.6 Å². The highest BCUT2D eigenvalue weighted by atomic mass is 16.5. The Labute approximate surface area is 190 Å². The van der Waals surface area contributed by atoms with Gasteiger partial charge in [-0.25, -0.2) is 4.79 Å². The van der Waals surface area contributed by atoms with E-state index >= 15 is 0 Å². The summed E-state index contributed by atoms with van der Waals surface area (Å²) in [6.45, 7) is 2.78. The van der Waals surface area contributed by atoms with Crippen LogP contribution in [-0.4, -0.2) is 54.3 Å². The average molecular weight is 452 g/mol. The maximum absolute atomic E-state index is 12.9. The van der Waals surface area contributed by atoms with E-state index in [1.165, 1.54) is 31.4 Å². The fraction of sp³-hybridized carbons (Fsp3) is 0.292. The molecule has 9 heteroatoms. The second-order valence-electron chi connectivity index (χ2n) is 7.57. The minimum atomic E-state index is -1.20. The molecule has 2 atom stereocenters. The number of methoxy groups -OCH3 is 1. The molecular formula is C24H24N2O7. The molecule has 0 bridgehead atoms. The lowest BCUT2D eigenvalue weighted by atomic mass is 9.97. The van der Waals surface area contributed by atoms with Gasteiger partial charge >= 0.3 is 5.97 Å². The average Bonchev–Trinajstić information content (AvgIpc) is 3.08. The predicted octanol–water partition coefficient (Wildman–Crippen LogP) is 2.21. The number of carbonyl (C=O) groups is 5. The van der Waals surface area contributed by atoms with E-state index in [9.17, 15) is 24.0 Å². The van der Waals surface area contributed by atoms with Gasteiger partial charge in [-0.3, -0.25) is 29.4 Å². The van der Waals surface area contributed by atoms with Crippen molar-refractivity contribution < 1.29 is 33.4 Å². The number of nitrogens with one attached hydrogen (secondary N) is 1. The second-order valence-corrected chi connectivity index (χ2v) is 7.57. The quantitative estimate of drug-likeness (QED) is 0.482. The monoisotopic (exact) mass is 452 g/mol. The molecular weight excluding hydrogens is 428 g/mol. The Bertz CT molecular complexity index is 1060. The Morgan fingerprint density at radius 3 is 2.06 bits per heavy atom. The number of amides is 4. The van der Waals surface area contributed by atoms with E-state index in [2.05, 4.69) is 5.32 Å². The topological polar surface area (TPSA) is 119 Å².